The van der Waals surface area contributed by atoms with Crippen molar-refractivity contribution in [2.24, 2.45) is 0 Å². The summed E-state index contributed by atoms with van der Waals surface area (Å²) in [5.74, 6) is 0.617. The zero-order valence-corrected chi connectivity index (χ0v) is 12.8. The van der Waals surface area contributed by atoms with Crippen LogP contribution < -0.4 is 5.73 Å². The van der Waals surface area contributed by atoms with E-state index in [1.807, 2.05) is 30.3 Å². The maximum Gasteiger partial charge on any atom is 0.122 e. The fourth-order valence-electron chi connectivity index (χ4n) is 2.84. The van der Waals surface area contributed by atoms with Crippen LogP contribution in [-0.4, -0.2) is 21.0 Å². The smallest absolute Gasteiger partial charge is 0.122 e. The van der Waals surface area contributed by atoms with Crippen molar-refractivity contribution in [1.82, 2.24) is 9.78 Å². The summed E-state index contributed by atoms with van der Waals surface area (Å²) in [5.41, 5.74) is 7.96. The summed E-state index contributed by atoms with van der Waals surface area (Å²) in [4.78, 5) is 0. The van der Waals surface area contributed by atoms with Gasteiger partial charge in [-0.05, 0) is 25.0 Å². The molecule has 2 aromatic rings. The van der Waals surface area contributed by atoms with Crippen molar-refractivity contribution >= 4 is 21.7 Å². The molecule has 1 aliphatic carbocycles. The Morgan fingerprint density at radius 1 is 1.25 bits per heavy atom. The second-order valence-electron chi connectivity index (χ2n) is 5.33. The molecule has 1 aromatic heterocycles. The molecule has 1 saturated carbocycles. The van der Waals surface area contributed by atoms with E-state index in [0.717, 1.165) is 41.4 Å². The first-order valence-electron chi connectivity index (χ1n) is 6.94. The molecule has 106 valence electrons. The summed E-state index contributed by atoms with van der Waals surface area (Å²) in [7, 11) is 0. The van der Waals surface area contributed by atoms with Gasteiger partial charge in [0.15, 0.2) is 0 Å². The highest BCUT2D eigenvalue weighted by Crippen LogP contribution is 2.32. The lowest BCUT2D eigenvalue weighted by atomic mass is 9.93. The van der Waals surface area contributed by atoms with Crippen LogP contribution in [0.5, 0.6) is 0 Å². The third kappa shape index (κ3) is 2.60. The van der Waals surface area contributed by atoms with Gasteiger partial charge in [-0.25, -0.2) is 4.68 Å². The SMILES string of the molecule is Nc1cc(-c2cccc(Br)c2)nn1C1CCCCC1O. The average Bonchev–Trinajstić information content (AvgIpc) is 2.81. The molecule has 1 aromatic carbocycles. The molecule has 20 heavy (non-hydrogen) atoms. The molecule has 3 rings (SSSR count). The highest BCUT2D eigenvalue weighted by molar-refractivity contribution is 9.10. The van der Waals surface area contributed by atoms with E-state index < -0.39 is 0 Å². The van der Waals surface area contributed by atoms with Crippen LogP contribution in [-0.2, 0) is 0 Å². The van der Waals surface area contributed by atoms with Gasteiger partial charge in [-0.15, -0.1) is 0 Å². The molecular weight excluding hydrogens is 318 g/mol. The molecule has 1 aliphatic rings. The topological polar surface area (TPSA) is 64.1 Å². The largest absolute Gasteiger partial charge is 0.391 e. The minimum absolute atomic E-state index is 0.00431. The lowest BCUT2D eigenvalue weighted by Gasteiger charge is -2.28. The van der Waals surface area contributed by atoms with Crippen molar-refractivity contribution in [3.05, 3.63) is 34.8 Å². The number of nitrogens with zero attached hydrogens (tertiary/aromatic N) is 2. The average molecular weight is 336 g/mol. The van der Waals surface area contributed by atoms with Gasteiger partial charge in [0.2, 0.25) is 0 Å². The summed E-state index contributed by atoms with van der Waals surface area (Å²) in [5, 5.41) is 14.8. The number of aliphatic hydroxyl groups excluding tert-OH is 1. The maximum atomic E-state index is 10.1. The number of nitrogens with two attached hydrogens (primary N) is 1. The summed E-state index contributed by atoms with van der Waals surface area (Å²) in [6.07, 6.45) is 3.62. The van der Waals surface area contributed by atoms with Gasteiger partial charge in [0.05, 0.1) is 17.8 Å². The summed E-state index contributed by atoms with van der Waals surface area (Å²) in [6, 6.07) is 9.86. The third-order valence-electron chi connectivity index (χ3n) is 3.89. The fraction of sp³-hybridized carbons (Fsp3) is 0.400. The van der Waals surface area contributed by atoms with Crippen molar-refractivity contribution in [2.75, 3.05) is 5.73 Å². The summed E-state index contributed by atoms with van der Waals surface area (Å²) >= 11 is 3.47. The zero-order chi connectivity index (χ0) is 14.1. The Hall–Kier alpha value is -1.33. The van der Waals surface area contributed by atoms with Gasteiger partial charge in [-0.1, -0.05) is 40.9 Å². The predicted octanol–water partition coefficient (Wildman–Crippen LogP) is 3.37. The molecule has 0 bridgehead atoms. The molecule has 0 saturated heterocycles. The molecule has 3 N–H and O–H groups in total. The highest BCUT2D eigenvalue weighted by atomic mass is 79.9. The lowest BCUT2D eigenvalue weighted by Crippen LogP contribution is -2.29. The Labute approximate surface area is 126 Å². The van der Waals surface area contributed by atoms with Crippen LogP contribution in [0, 0.1) is 0 Å². The number of aromatic nitrogens is 2. The van der Waals surface area contributed by atoms with Crippen molar-refractivity contribution in [1.29, 1.82) is 0 Å². The normalized spacial score (nSPS) is 22.9. The molecule has 0 aliphatic heterocycles. The van der Waals surface area contributed by atoms with Crippen LogP contribution in [0.1, 0.15) is 31.7 Å². The number of nitrogen functional groups attached to an aromatic ring is 1. The molecule has 1 fully saturated rings. The first-order chi connectivity index (χ1) is 9.65. The minimum Gasteiger partial charge on any atom is -0.391 e. The van der Waals surface area contributed by atoms with Crippen LogP contribution in [0.3, 0.4) is 0 Å². The first kappa shape index (κ1) is 13.6. The molecule has 0 radical (unpaired) electrons. The van der Waals surface area contributed by atoms with Crippen LogP contribution in [0.15, 0.2) is 34.8 Å². The van der Waals surface area contributed by atoms with E-state index in [1.165, 1.54) is 0 Å². The van der Waals surface area contributed by atoms with Gasteiger partial charge in [-0.2, -0.15) is 5.10 Å². The van der Waals surface area contributed by atoms with Crippen molar-refractivity contribution in [3.63, 3.8) is 0 Å². The Morgan fingerprint density at radius 3 is 2.80 bits per heavy atom. The molecule has 2 atom stereocenters. The summed E-state index contributed by atoms with van der Waals surface area (Å²) in [6.45, 7) is 0. The Balaban J connectivity index is 1.94. The Kier molecular flexibility index (Phi) is 3.81. The summed E-state index contributed by atoms with van der Waals surface area (Å²) < 4.78 is 2.81. The van der Waals surface area contributed by atoms with E-state index in [-0.39, 0.29) is 12.1 Å². The Bertz CT molecular complexity index is 611. The van der Waals surface area contributed by atoms with E-state index in [0.29, 0.717) is 5.82 Å². The molecule has 2 unspecified atom stereocenters. The quantitative estimate of drug-likeness (QED) is 0.884. The minimum atomic E-state index is -0.346. The first-order valence-corrected chi connectivity index (χ1v) is 7.73. The van der Waals surface area contributed by atoms with Crippen LogP contribution in [0.25, 0.3) is 11.3 Å². The van der Waals surface area contributed by atoms with E-state index in [2.05, 4.69) is 21.0 Å². The van der Waals surface area contributed by atoms with E-state index in [4.69, 9.17) is 5.73 Å². The molecule has 1 heterocycles. The number of rotatable bonds is 2. The van der Waals surface area contributed by atoms with Crippen molar-refractivity contribution < 1.29 is 5.11 Å². The number of hydrogen-bond acceptors (Lipinski definition) is 3. The van der Waals surface area contributed by atoms with Gasteiger partial charge in [0, 0.05) is 16.1 Å². The van der Waals surface area contributed by atoms with E-state index in [1.54, 1.807) is 4.68 Å². The number of hydrogen-bond donors (Lipinski definition) is 2. The van der Waals surface area contributed by atoms with Crippen LogP contribution in [0.4, 0.5) is 5.82 Å². The maximum absolute atomic E-state index is 10.1. The van der Waals surface area contributed by atoms with E-state index >= 15 is 0 Å². The van der Waals surface area contributed by atoms with Crippen LogP contribution in [0.2, 0.25) is 0 Å². The second-order valence-corrected chi connectivity index (χ2v) is 6.24. The van der Waals surface area contributed by atoms with Gasteiger partial charge in [-0.3, -0.25) is 0 Å². The van der Waals surface area contributed by atoms with Gasteiger partial charge in [0.1, 0.15) is 5.82 Å². The number of aliphatic hydroxyl groups is 1. The predicted molar refractivity (Wildman–Crippen MR) is 83.3 cm³/mol. The molecular formula is C15H18BrN3O. The highest BCUT2D eigenvalue weighted by Gasteiger charge is 2.27. The zero-order valence-electron chi connectivity index (χ0n) is 11.2. The number of benzene rings is 1. The monoisotopic (exact) mass is 335 g/mol. The van der Waals surface area contributed by atoms with E-state index in [9.17, 15) is 5.11 Å². The van der Waals surface area contributed by atoms with Gasteiger partial charge >= 0.3 is 0 Å². The lowest BCUT2D eigenvalue weighted by molar-refractivity contribution is 0.0707. The van der Waals surface area contributed by atoms with Crippen LogP contribution >= 0.6 is 15.9 Å². The van der Waals surface area contributed by atoms with Crippen molar-refractivity contribution in [3.8, 4) is 11.3 Å². The second kappa shape index (κ2) is 5.58. The number of anilines is 1. The molecule has 0 spiro atoms. The van der Waals surface area contributed by atoms with Crippen molar-refractivity contribution in [2.45, 2.75) is 37.8 Å². The van der Waals surface area contributed by atoms with Gasteiger partial charge < -0.3 is 10.8 Å². The fourth-order valence-corrected chi connectivity index (χ4v) is 3.24. The number of halogens is 1. The Morgan fingerprint density at radius 2 is 2.05 bits per heavy atom. The standard InChI is InChI=1S/C15H18BrN3O/c16-11-5-3-4-10(8-11)12-9-15(17)19(18-12)13-6-1-2-7-14(13)20/h3-5,8-9,13-14,20H,1-2,6-7,17H2. The molecule has 5 heteroatoms. The third-order valence-corrected chi connectivity index (χ3v) is 4.39. The molecule has 4 nitrogen and oxygen atoms in total. The molecule has 0 amide bonds. The van der Waals surface area contributed by atoms with Gasteiger partial charge in [0.25, 0.3) is 0 Å².